The van der Waals surface area contributed by atoms with Gasteiger partial charge in [-0.1, -0.05) is 29.8 Å². The second-order valence-electron chi connectivity index (χ2n) is 6.63. The van der Waals surface area contributed by atoms with Crippen LogP contribution in [0.25, 0.3) is 10.2 Å². The Labute approximate surface area is 154 Å². The van der Waals surface area contributed by atoms with Gasteiger partial charge in [0.15, 0.2) is 11.7 Å². The van der Waals surface area contributed by atoms with Gasteiger partial charge in [-0.15, -0.1) is 11.3 Å². The van der Waals surface area contributed by atoms with Crippen LogP contribution in [0, 0.1) is 18.3 Å². The number of Topliss-reactive ketones (excluding diaryl/α,β-unsaturated/α-hetero) is 1. The van der Waals surface area contributed by atoms with Crippen molar-refractivity contribution in [3.8, 4) is 6.07 Å². The molecule has 0 bridgehead atoms. The van der Waals surface area contributed by atoms with Gasteiger partial charge in [-0.05, 0) is 38.2 Å². The van der Waals surface area contributed by atoms with E-state index in [0.717, 1.165) is 36.8 Å². The number of nitrogens with one attached hydrogen (secondary N) is 1. The van der Waals surface area contributed by atoms with E-state index in [0.29, 0.717) is 15.8 Å². The van der Waals surface area contributed by atoms with Crippen molar-refractivity contribution in [2.75, 3.05) is 0 Å². The van der Waals surface area contributed by atoms with Crippen LogP contribution < -0.4 is 5.56 Å². The van der Waals surface area contributed by atoms with E-state index in [1.165, 1.54) is 16.2 Å². The van der Waals surface area contributed by atoms with E-state index in [4.69, 9.17) is 0 Å². The van der Waals surface area contributed by atoms with Crippen LogP contribution >= 0.6 is 11.3 Å². The molecule has 0 fully saturated rings. The monoisotopic (exact) mass is 363 g/mol. The van der Waals surface area contributed by atoms with E-state index >= 15 is 0 Å². The van der Waals surface area contributed by atoms with Crippen molar-refractivity contribution in [2.45, 2.75) is 38.5 Å². The maximum Gasteiger partial charge on any atom is 0.259 e. The number of benzene rings is 1. The fourth-order valence-corrected chi connectivity index (χ4v) is 4.71. The highest BCUT2D eigenvalue weighted by molar-refractivity contribution is 7.18. The van der Waals surface area contributed by atoms with E-state index in [9.17, 15) is 14.9 Å². The van der Waals surface area contributed by atoms with Crippen molar-refractivity contribution in [3.05, 3.63) is 62.0 Å². The average Bonchev–Trinajstić information content (AvgIpc) is 3.01. The Kier molecular flexibility index (Phi) is 4.17. The molecule has 2 heterocycles. The summed E-state index contributed by atoms with van der Waals surface area (Å²) in [5.74, 6) is -1.33. The molecule has 130 valence electrons. The summed E-state index contributed by atoms with van der Waals surface area (Å²) in [5, 5.41) is 10.2. The highest BCUT2D eigenvalue weighted by Crippen LogP contribution is 2.34. The molecule has 1 aromatic carbocycles. The lowest BCUT2D eigenvalue weighted by molar-refractivity contribution is 0.0976. The van der Waals surface area contributed by atoms with Crippen molar-refractivity contribution in [2.24, 2.45) is 0 Å². The number of hydrogen-bond acceptors (Lipinski definition) is 5. The first kappa shape index (κ1) is 16.7. The van der Waals surface area contributed by atoms with Crippen LogP contribution in [0.5, 0.6) is 0 Å². The van der Waals surface area contributed by atoms with Gasteiger partial charge < -0.3 is 4.98 Å². The number of ketones is 1. The van der Waals surface area contributed by atoms with Gasteiger partial charge in [0, 0.05) is 10.4 Å². The molecule has 1 aliphatic carbocycles. The van der Waals surface area contributed by atoms with Crippen LogP contribution in [0.15, 0.2) is 29.1 Å². The lowest BCUT2D eigenvalue weighted by atomic mass is 9.96. The van der Waals surface area contributed by atoms with Gasteiger partial charge in [-0.3, -0.25) is 9.59 Å². The first-order valence-electron chi connectivity index (χ1n) is 8.63. The minimum Gasteiger partial charge on any atom is -0.308 e. The molecular formula is C20H17N3O2S. The van der Waals surface area contributed by atoms with Crippen LogP contribution in [0.2, 0.25) is 0 Å². The quantitative estimate of drug-likeness (QED) is 0.720. The van der Waals surface area contributed by atoms with Crippen LogP contribution in [-0.2, 0) is 12.8 Å². The van der Waals surface area contributed by atoms with E-state index in [1.807, 2.05) is 25.1 Å². The Morgan fingerprint density at radius 2 is 2.00 bits per heavy atom. The largest absolute Gasteiger partial charge is 0.308 e. The van der Waals surface area contributed by atoms with Crippen LogP contribution in [-0.4, -0.2) is 15.8 Å². The zero-order valence-corrected chi connectivity index (χ0v) is 15.2. The molecule has 6 heteroatoms. The molecule has 2 aromatic heterocycles. The zero-order chi connectivity index (χ0) is 18.3. The number of carbonyl (C=O) groups is 1. The van der Waals surface area contributed by atoms with Crippen molar-refractivity contribution >= 4 is 27.3 Å². The third kappa shape index (κ3) is 2.74. The third-order valence-corrected chi connectivity index (χ3v) is 6.03. The Hall–Kier alpha value is -2.78. The average molecular weight is 363 g/mol. The van der Waals surface area contributed by atoms with Crippen molar-refractivity contribution < 1.29 is 4.79 Å². The fourth-order valence-electron chi connectivity index (χ4n) is 3.45. The van der Waals surface area contributed by atoms with Gasteiger partial charge in [0.1, 0.15) is 10.7 Å². The Morgan fingerprint density at radius 1 is 1.27 bits per heavy atom. The number of aryl methyl sites for hydroxylation is 3. The number of rotatable bonds is 3. The Balaban J connectivity index is 1.79. The third-order valence-electron chi connectivity index (χ3n) is 4.84. The molecule has 4 rings (SSSR count). The van der Waals surface area contributed by atoms with Gasteiger partial charge in [0.25, 0.3) is 5.56 Å². The zero-order valence-electron chi connectivity index (χ0n) is 14.3. The molecule has 3 aromatic rings. The first-order chi connectivity index (χ1) is 12.6. The van der Waals surface area contributed by atoms with Crippen molar-refractivity contribution in [1.29, 1.82) is 5.26 Å². The molecule has 0 amide bonds. The summed E-state index contributed by atoms with van der Waals surface area (Å²) in [6.45, 7) is 1.93. The minimum absolute atomic E-state index is 0.133. The summed E-state index contributed by atoms with van der Waals surface area (Å²) in [6.07, 6.45) is 4.06. The number of nitrogens with zero attached hydrogens (tertiary/aromatic N) is 2. The number of nitriles is 1. The number of thiophene rings is 1. The minimum atomic E-state index is -1.12. The number of fused-ring (bicyclic) bond motifs is 3. The second-order valence-corrected chi connectivity index (χ2v) is 7.72. The summed E-state index contributed by atoms with van der Waals surface area (Å²) in [5.41, 5.74) is 2.32. The summed E-state index contributed by atoms with van der Waals surface area (Å²) in [4.78, 5) is 34.4. The molecule has 0 saturated carbocycles. The topological polar surface area (TPSA) is 86.6 Å². The molecule has 0 radical (unpaired) electrons. The molecule has 0 spiro atoms. The van der Waals surface area contributed by atoms with Gasteiger partial charge in [0.05, 0.1) is 11.5 Å². The van der Waals surface area contributed by atoms with E-state index in [1.54, 1.807) is 12.1 Å². The van der Waals surface area contributed by atoms with E-state index < -0.39 is 5.92 Å². The highest BCUT2D eigenvalue weighted by Gasteiger charge is 2.27. The lowest BCUT2D eigenvalue weighted by Crippen LogP contribution is -2.20. The number of aromatic nitrogens is 2. The van der Waals surface area contributed by atoms with Gasteiger partial charge in [-0.2, -0.15) is 5.26 Å². The Morgan fingerprint density at radius 3 is 2.73 bits per heavy atom. The van der Waals surface area contributed by atoms with Gasteiger partial charge >= 0.3 is 0 Å². The number of carbonyl (C=O) groups excluding carboxylic acids is 1. The molecule has 0 aliphatic heterocycles. The van der Waals surface area contributed by atoms with Crippen LogP contribution in [0.3, 0.4) is 0 Å². The number of hydrogen-bond donors (Lipinski definition) is 1. The standard InChI is InChI=1S/C20H17N3O2S/c1-11-6-8-12(9-7-11)17(24)14(10-21)18-22-19(25)16-13-4-2-3-5-15(13)26-20(16)23-18/h6-9,14H,2-5H2,1H3,(H,22,23,25). The summed E-state index contributed by atoms with van der Waals surface area (Å²) in [6, 6.07) is 9.06. The molecule has 1 N–H and O–H groups in total. The number of H-pyrrole nitrogens is 1. The molecule has 1 atom stereocenters. The van der Waals surface area contributed by atoms with Crippen molar-refractivity contribution in [1.82, 2.24) is 9.97 Å². The first-order valence-corrected chi connectivity index (χ1v) is 9.45. The highest BCUT2D eigenvalue weighted by atomic mass is 32.1. The van der Waals surface area contributed by atoms with E-state index in [2.05, 4.69) is 9.97 Å². The SMILES string of the molecule is Cc1ccc(C(=O)C(C#N)c2nc3sc4c(c3c(=O)[nH]2)CCCC4)cc1. The second kappa shape index (κ2) is 6.50. The van der Waals surface area contributed by atoms with Crippen molar-refractivity contribution in [3.63, 3.8) is 0 Å². The summed E-state index contributed by atoms with van der Waals surface area (Å²) < 4.78 is 0. The fraction of sp³-hybridized carbons (Fsp3) is 0.300. The molecule has 1 aliphatic rings. The Bertz CT molecular complexity index is 1100. The maximum atomic E-state index is 12.7. The molecular weight excluding hydrogens is 346 g/mol. The van der Waals surface area contributed by atoms with E-state index in [-0.39, 0.29) is 17.2 Å². The smallest absolute Gasteiger partial charge is 0.259 e. The van der Waals surface area contributed by atoms with Crippen LogP contribution in [0.1, 0.15) is 50.9 Å². The normalized spacial score (nSPS) is 14.6. The predicted octanol–water partition coefficient (Wildman–Crippen LogP) is 3.66. The lowest BCUT2D eigenvalue weighted by Gasteiger charge is -2.10. The molecule has 1 unspecified atom stereocenters. The maximum absolute atomic E-state index is 12.7. The van der Waals surface area contributed by atoms with Crippen LogP contribution in [0.4, 0.5) is 0 Å². The molecule has 26 heavy (non-hydrogen) atoms. The molecule has 5 nitrogen and oxygen atoms in total. The number of aromatic amines is 1. The van der Waals surface area contributed by atoms with Gasteiger partial charge in [0.2, 0.25) is 0 Å². The summed E-state index contributed by atoms with van der Waals surface area (Å²) >= 11 is 1.51. The summed E-state index contributed by atoms with van der Waals surface area (Å²) in [7, 11) is 0. The predicted molar refractivity (Wildman–Crippen MR) is 101 cm³/mol. The van der Waals surface area contributed by atoms with Gasteiger partial charge in [-0.25, -0.2) is 4.98 Å². The molecule has 0 saturated heterocycles.